The fourth-order valence-corrected chi connectivity index (χ4v) is 3.11. The summed E-state index contributed by atoms with van der Waals surface area (Å²) in [5, 5.41) is 0. The lowest BCUT2D eigenvalue weighted by atomic mass is 9.92. The number of nitrogens with two attached hydrogens (primary N) is 1. The molecule has 4 nitrogen and oxygen atoms in total. The van der Waals surface area contributed by atoms with Crippen LogP contribution in [-0.2, 0) is 12.8 Å². The van der Waals surface area contributed by atoms with Gasteiger partial charge in [-0.2, -0.15) is 0 Å². The van der Waals surface area contributed by atoms with Crippen LogP contribution in [0.4, 0.5) is 0 Å². The van der Waals surface area contributed by atoms with Crippen LogP contribution in [0, 0.1) is 6.92 Å². The Morgan fingerprint density at radius 2 is 2.05 bits per heavy atom. The third-order valence-corrected chi connectivity index (χ3v) is 4.12. The number of primary amides is 1. The van der Waals surface area contributed by atoms with Gasteiger partial charge in [-0.1, -0.05) is 24.3 Å². The Morgan fingerprint density at radius 1 is 1.29 bits per heavy atom. The van der Waals surface area contributed by atoms with Crippen molar-refractivity contribution in [2.24, 2.45) is 5.73 Å². The maximum absolute atomic E-state index is 11.6. The van der Waals surface area contributed by atoms with Crippen molar-refractivity contribution in [3.63, 3.8) is 0 Å². The number of aryl methyl sites for hydroxylation is 2. The molecular formula is C17H19N3O. The lowest BCUT2D eigenvalue weighted by molar-refractivity contribution is 0.0993. The summed E-state index contributed by atoms with van der Waals surface area (Å²) in [6.07, 6.45) is 5.68. The molecule has 3 rings (SSSR count). The zero-order valence-corrected chi connectivity index (χ0v) is 12.2. The summed E-state index contributed by atoms with van der Waals surface area (Å²) in [5.74, 6) is -0.279. The Morgan fingerprint density at radius 3 is 2.81 bits per heavy atom. The minimum atomic E-state index is -0.491. The molecule has 0 bridgehead atoms. The van der Waals surface area contributed by atoms with Gasteiger partial charge in [0.15, 0.2) is 0 Å². The molecule has 0 fully saturated rings. The molecule has 1 unspecified atom stereocenters. The van der Waals surface area contributed by atoms with Crippen LogP contribution in [0.25, 0.3) is 0 Å². The van der Waals surface area contributed by atoms with Gasteiger partial charge in [-0.25, -0.2) is 4.98 Å². The summed E-state index contributed by atoms with van der Waals surface area (Å²) in [4.78, 5) is 20.4. The summed E-state index contributed by atoms with van der Waals surface area (Å²) in [5.41, 5.74) is 10.1. The summed E-state index contributed by atoms with van der Waals surface area (Å²) >= 11 is 0. The number of aromatic nitrogens is 2. The fourth-order valence-electron chi connectivity index (χ4n) is 3.11. The molecule has 108 valence electrons. The van der Waals surface area contributed by atoms with Gasteiger partial charge in [-0.15, -0.1) is 0 Å². The van der Waals surface area contributed by atoms with Crippen molar-refractivity contribution >= 4 is 5.91 Å². The van der Waals surface area contributed by atoms with Crippen LogP contribution in [0.1, 0.15) is 51.8 Å². The summed E-state index contributed by atoms with van der Waals surface area (Å²) < 4.78 is 0. The van der Waals surface area contributed by atoms with E-state index in [1.54, 1.807) is 6.20 Å². The van der Waals surface area contributed by atoms with E-state index in [1.807, 2.05) is 6.92 Å². The molecule has 0 saturated carbocycles. The predicted octanol–water partition coefficient (Wildman–Crippen LogP) is 2.55. The number of hydrogen-bond acceptors (Lipinski definition) is 3. The first-order valence-corrected chi connectivity index (χ1v) is 7.35. The molecule has 1 aliphatic rings. The maximum Gasteiger partial charge on any atom is 0.269 e. The van der Waals surface area contributed by atoms with Crippen molar-refractivity contribution in [1.29, 1.82) is 0 Å². The van der Waals surface area contributed by atoms with E-state index < -0.39 is 5.91 Å². The normalized spacial score (nSPS) is 17.9. The van der Waals surface area contributed by atoms with Gasteiger partial charge in [0.2, 0.25) is 0 Å². The van der Waals surface area contributed by atoms with Gasteiger partial charge in [0, 0.05) is 12.1 Å². The van der Waals surface area contributed by atoms with Gasteiger partial charge in [0.1, 0.15) is 5.69 Å². The third kappa shape index (κ3) is 2.79. The van der Waals surface area contributed by atoms with E-state index in [1.165, 1.54) is 11.1 Å². The van der Waals surface area contributed by atoms with Crippen molar-refractivity contribution in [2.45, 2.75) is 38.5 Å². The molecule has 21 heavy (non-hydrogen) atoms. The molecule has 1 heterocycles. The molecule has 4 heteroatoms. The number of benzene rings is 1. The van der Waals surface area contributed by atoms with Gasteiger partial charge in [-0.3, -0.25) is 9.78 Å². The molecular weight excluding hydrogens is 262 g/mol. The maximum atomic E-state index is 11.6. The molecule has 0 spiro atoms. The molecule has 0 aliphatic heterocycles. The Hall–Kier alpha value is -2.23. The Balaban J connectivity index is 2.01. The molecule has 1 aromatic heterocycles. The lowest BCUT2D eigenvalue weighted by Crippen LogP contribution is -2.20. The van der Waals surface area contributed by atoms with Gasteiger partial charge in [0.05, 0.1) is 11.4 Å². The number of rotatable bonds is 2. The third-order valence-electron chi connectivity index (χ3n) is 4.12. The lowest BCUT2D eigenvalue weighted by Gasteiger charge is -2.16. The first-order chi connectivity index (χ1) is 10.1. The monoisotopic (exact) mass is 281 g/mol. The average Bonchev–Trinajstić information content (AvgIpc) is 2.68. The van der Waals surface area contributed by atoms with Crippen molar-refractivity contribution in [2.75, 3.05) is 0 Å². The van der Waals surface area contributed by atoms with Crippen molar-refractivity contribution < 1.29 is 4.79 Å². The molecule has 2 N–H and O–H groups in total. The van der Waals surface area contributed by atoms with E-state index in [9.17, 15) is 4.79 Å². The van der Waals surface area contributed by atoms with E-state index in [0.717, 1.165) is 37.1 Å². The molecule has 2 aromatic rings. The van der Waals surface area contributed by atoms with Crippen LogP contribution in [0.3, 0.4) is 0 Å². The van der Waals surface area contributed by atoms with E-state index in [0.29, 0.717) is 5.69 Å². The van der Waals surface area contributed by atoms with Crippen molar-refractivity contribution in [3.05, 3.63) is 58.7 Å². The van der Waals surface area contributed by atoms with Gasteiger partial charge in [-0.05, 0) is 43.7 Å². The van der Waals surface area contributed by atoms with Crippen LogP contribution < -0.4 is 5.73 Å². The van der Waals surface area contributed by atoms with E-state index in [-0.39, 0.29) is 5.92 Å². The minimum absolute atomic E-state index is 0.212. The molecule has 1 aromatic carbocycles. The van der Waals surface area contributed by atoms with Gasteiger partial charge >= 0.3 is 0 Å². The minimum Gasteiger partial charge on any atom is -0.364 e. The number of carbonyl (C=O) groups is 1. The molecule has 0 radical (unpaired) electrons. The molecule has 1 amide bonds. The largest absolute Gasteiger partial charge is 0.364 e. The predicted molar refractivity (Wildman–Crippen MR) is 81.1 cm³/mol. The standard InChI is InChI=1S/C17H19N3O/c1-11-10-19-16(17(18)21)15(20-11)14-8-4-7-12-5-2-3-6-13(12)9-14/h2-3,5-6,10,14H,4,7-9H2,1H3,(H2,18,21). The Bertz CT molecular complexity index is 681. The Kier molecular flexibility index (Phi) is 3.69. The second-order valence-electron chi connectivity index (χ2n) is 5.67. The van der Waals surface area contributed by atoms with E-state index in [4.69, 9.17) is 5.73 Å². The highest BCUT2D eigenvalue weighted by atomic mass is 16.1. The SMILES string of the molecule is Cc1cnc(C(N)=O)c(C2CCCc3ccccc3C2)n1. The number of fused-ring (bicyclic) bond motifs is 1. The highest BCUT2D eigenvalue weighted by Crippen LogP contribution is 2.31. The smallest absolute Gasteiger partial charge is 0.269 e. The second-order valence-corrected chi connectivity index (χ2v) is 5.67. The highest BCUT2D eigenvalue weighted by molar-refractivity contribution is 5.92. The quantitative estimate of drug-likeness (QED) is 0.860. The second kappa shape index (κ2) is 5.64. The summed E-state index contributed by atoms with van der Waals surface area (Å²) in [6.45, 7) is 1.89. The van der Waals surface area contributed by atoms with Crippen LogP contribution in [0.15, 0.2) is 30.5 Å². The first-order valence-electron chi connectivity index (χ1n) is 7.35. The Labute approximate surface area is 124 Å². The van der Waals surface area contributed by atoms with Crippen molar-refractivity contribution in [3.8, 4) is 0 Å². The van der Waals surface area contributed by atoms with Crippen LogP contribution >= 0.6 is 0 Å². The van der Waals surface area contributed by atoms with Crippen LogP contribution in [0.5, 0.6) is 0 Å². The number of carbonyl (C=O) groups excluding carboxylic acids is 1. The number of hydrogen-bond donors (Lipinski definition) is 1. The van der Waals surface area contributed by atoms with E-state index >= 15 is 0 Å². The van der Waals surface area contributed by atoms with Crippen LogP contribution in [0.2, 0.25) is 0 Å². The average molecular weight is 281 g/mol. The first kappa shape index (κ1) is 13.7. The zero-order valence-electron chi connectivity index (χ0n) is 12.2. The van der Waals surface area contributed by atoms with Crippen LogP contribution in [-0.4, -0.2) is 15.9 Å². The summed E-state index contributed by atoms with van der Waals surface area (Å²) in [6, 6.07) is 8.51. The molecule has 1 aliphatic carbocycles. The molecule has 1 atom stereocenters. The number of amides is 1. The fraction of sp³-hybridized carbons (Fsp3) is 0.353. The van der Waals surface area contributed by atoms with Crippen molar-refractivity contribution in [1.82, 2.24) is 9.97 Å². The van der Waals surface area contributed by atoms with Gasteiger partial charge < -0.3 is 5.73 Å². The molecule has 0 saturated heterocycles. The van der Waals surface area contributed by atoms with E-state index in [2.05, 4.69) is 34.2 Å². The topological polar surface area (TPSA) is 68.9 Å². The van der Waals surface area contributed by atoms with Gasteiger partial charge in [0.25, 0.3) is 5.91 Å². The zero-order chi connectivity index (χ0) is 14.8. The number of nitrogens with zero attached hydrogens (tertiary/aromatic N) is 2. The highest BCUT2D eigenvalue weighted by Gasteiger charge is 2.24. The summed E-state index contributed by atoms with van der Waals surface area (Å²) in [7, 11) is 0.